The normalized spacial score (nSPS) is 17.8. The Morgan fingerprint density at radius 2 is 1.58 bits per heavy atom. The largest absolute Gasteiger partial charge is 0.744 e. The number of hydrogen-bond donors (Lipinski definition) is 0. The second-order valence-electron chi connectivity index (χ2n) is 12.7. The van der Waals surface area contributed by atoms with E-state index in [4.69, 9.17) is 0 Å². The number of aromatic nitrogens is 1. The van der Waals surface area contributed by atoms with Crippen LogP contribution in [0.2, 0.25) is 0 Å². The number of rotatable bonds is 5. The number of thiazole rings is 1. The first-order valence-corrected chi connectivity index (χ1v) is 18.4. The van der Waals surface area contributed by atoms with Gasteiger partial charge in [-0.2, -0.15) is 4.57 Å². The van der Waals surface area contributed by atoms with Crippen LogP contribution in [-0.4, -0.2) is 19.5 Å². The smallest absolute Gasteiger partial charge is 0.263 e. The Morgan fingerprint density at radius 1 is 0.911 bits per heavy atom. The molecule has 0 fully saturated rings. The van der Waals surface area contributed by atoms with Crippen molar-refractivity contribution < 1.29 is 17.5 Å². The lowest BCUT2D eigenvalue weighted by Crippen LogP contribution is -2.33. The van der Waals surface area contributed by atoms with Crippen LogP contribution in [0.3, 0.4) is 0 Å². The van der Waals surface area contributed by atoms with E-state index in [0.717, 1.165) is 31.5 Å². The zero-order valence-corrected chi connectivity index (χ0v) is 29.6. The Morgan fingerprint density at radius 3 is 2.24 bits per heavy atom. The lowest BCUT2D eigenvalue weighted by Gasteiger charge is -2.31. The van der Waals surface area contributed by atoms with Gasteiger partial charge in [0.15, 0.2) is 0 Å². The molecule has 0 unspecified atom stereocenters. The second-order valence-corrected chi connectivity index (χ2v) is 16.2. The summed E-state index contributed by atoms with van der Waals surface area (Å²) in [6, 6.07) is 19.4. The zero-order valence-electron chi connectivity index (χ0n) is 27.2. The van der Waals surface area contributed by atoms with Crippen LogP contribution in [0.15, 0.2) is 98.8 Å². The van der Waals surface area contributed by atoms with Gasteiger partial charge in [0.25, 0.3) is 5.01 Å². The number of aryl methyl sites for hydroxylation is 4. The van der Waals surface area contributed by atoms with Gasteiger partial charge in [-0.3, -0.25) is 0 Å². The fourth-order valence-corrected chi connectivity index (χ4v) is 9.08. The topological polar surface area (TPSA) is 64.3 Å². The minimum absolute atomic E-state index is 0.178. The number of benzene rings is 3. The van der Waals surface area contributed by atoms with E-state index >= 15 is 0 Å². The summed E-state index contributed by atoms with van der Waals surface area (Å²) < 4.78 is 35.0. The van der Waals surface area contributed by atoms with Crippen molar-refractivity contribution in [2.75, 3.05) is 11.4 Å². The molecule has 1 aliphatic heterocycles. The highest BCUT2D eigenvalue weighted by Gasteiger charge is 2.29. The molecule has 3 aromatic carbocycles. The fourth-order valence-electron chi connectivity index (χ4n) is 6.01. The van der Waals surface area contributed by atoms with Crippen molar-refractivity contribution in [3.63, 3.8) is 0 Å². The Labute approximate surface area is 276 Å². The first-order valence-electron chi connectivity index (χ1n) is 15.4. The number of allylic oxidation sites excluding steroid dienone is 4. The molecular formula is C37H42N2O3S3. The van der Waals surface area contributed by atoms with Gasteiger partial charge in [-0.25, -0.2) is 8.42 Å². The van der Waals surface area contributed by atoms with Crippen molar-refractivity contribution >= 4 is 55.2 Å². The summed E-state index contributed by atoms with van der Waals surface area (Å²) in [5.74, 6) is 0. The quantitative estimate of drug-likeness (QED) is 0.158. The number of fused-ring (bicyclic) bond motifs is 2. The van der Waals surface area contributed by atoms with Gasteiger partial charge in [-0.15, -0.1) is 0 Å². The van der Waals surface area contributed by atoms with Crippen LogP contribution in [-0.2, 0) is 16.7 Å². The minimum atomic E-state index is -4.27. The van der Waals surface area contributed by atoms with E-state index < -0.39 is 10.1 Å². The van der Waals surface area contributed by atoms with Crippen LogP contribution in [0.5, 0.6) is 0 Å². The molecule has 1 aliphatic carbocycles. The molecule has 8 heteroatoms. The molecule has 0 spiro atoms. The van der Waals surface area contributed by atoms with E-state index in [2.05, 4.69) is 106 Å². The summed E-state index contributed by atoms with van der Waals surface area (Å²) in [6.07, 6.45) is 9.57. The summed E-state index contributed by atoms with van der Waals surface area (Å²) in [5.41, 5.74) is 9.41. The van der Waals surface area contributed by atoms with Crippen molar-refractivity contribution in [1.29, 1.82) is 0 Å². The van der Waals surface area contributed by atoms with Crippen LogP contribution in [0.4, 0.5) is 5.69 Å². The van der Waals surface area contributed by atoms with Crippen molar-refractivity contribution in [1.82, 2.24) is 0 Å². The zero-order chi connectivity index (χ0) is 32.5. The number of hydrogen-bond acceptors (Lipinski definition) is 6. The average Bonchev–Trinajstić information content (AvgIpc) is 3.47. The summed E-state index contributed by atoms with van der Waals surface area (Å²) in [5, 5.41) is 2.71. The average molecular weight is 659 g/mol. The van der Waals surface area contributed by atoms with Crippen molar-refractivity contribution in [3.05, 3.63) is 111 Å². The molecule has 5 nitrogen and oxygen atoms in total. The predicted octanol–water partition coefficient (Wildman–Crippen LogP) is 9.33. The van der Waals surface area contributed by atoms with Crippen LogP contribution in [0.1, 0.15) is 62.2 Å². The summed E-state index contributed by atoms with van der Waals surface area (Å²) in [7, 11) is -4.27. The van der Waals surface area contributed by atoms with Gasteiger partial charge in [0.2, 0.25) is 5.52 Å². The second kappa shape index (κ2) is 13.3. The van der Waals surface area contributed by atoms with Crippen molar-refractivity contribution in [2.45, 2.75) is 77.6 Å². The lowest BCUT2D eigenvalue weighted by atomic mass is 9.75. The third-order valence-electron chi connectivity index (χ3n) is 8.07. The number of thioether (sulfide) groups is 1. The molecule has 0 saturated carbocycles. The molecular weight excluding hydrogens is 617 g/mol. The summed E-state index contributed by atoms with van der Waals surface area (Å²) in [4.78, 5) is 3.66. The van der Waals surface area contributed by atoms with E-state index in [1.54, 1.807) is 12.1 Å². The van der Waals surface area contributed by atoms with Gasteiger partial charge < -0.3 is 9.45 Å². The van der Waals surface area contributed by atoms with E-state index in [0.29, 0.717) is 0 Å². The Kier molecular flexibility index (Phi) is 9.80. The van der Waals surface area contributed by atoms with Gasteiger partial charge in [0, 0.05) is 23.6 Å². The van der Waals surface area contributed by atoms with Crippen LogP contribution < -0.4 is 9.47 Å². The third kappa shape index (κ3) is 7.80. The molecule has 0 amide bonds. The van der Waals surface area contributed by atoms with Crippen molar-refractivity contribution in [3.8, 4) is 0 Å². The maximum atomic E-state index is 10.4. The van der Waals surface area contributed by atoms with E-state index in [1.165, 1.54) is 65.2 Å². The monoisotopic (exact) mass is 658 g/mol. The van der Waals surface area contributed by atoms with E-state index in [1.807, 2.05) is 30.0 Å². The molecule has 0 bridgehead atoms. The summed E-state index contributed by atoms with van der Waals surface area (Å²) >= 11 is 3.83. The molecule has 0 atom stereocenters. The first-order chi connectivity index (χ1) is 21.3. The van der Waals surface area contributed by atoms with Crippen LogP contribution in [0, 0.1) is 26.2 Å². The van der Waals surface area contributed by atoms with Gasteiger partial charge in [0.1, 0.15) is 21.4 Å². The lowest BCUT2D eigenvalue weighted by molar-refractivity contribution is -0.665. The Hall–Kier alpha value is -3.17. The highest BCUT2D eigenvalue weighted by Crippen LogP contribution is 2.48. The molecule has 0 radical (unpaired) electrons. The fraction of sp³-hybridized carbons (Fsp3) is 0.324. The standard InChI is InChI=1S/C30H35N2S2.C7H8O3S/c1-7-31-24-11-9-20(3)13-26(24)33-28(31)16-22-15-23(19-30(5,6)18-22)17-29-32(8-2)25-12-10-21(4)14-27(25)34-29;1-6-2-4-7(5-3-6)11(8,9)10/h9-17H,7-8,18-19H2,1-6H3;2-5H,1H3,(H,8,9,10)/q+1;/p-1. The van der Waals surface area contributed by atoms with E-state index in [9.17, 15) is 13.0 Å². The molecule has 0 saturated heterocycles. The highest BCUT2D eigenvalue weighted by atomic mass is 32.2. The van der Waals surface area contributed by atoms with E-state index in [-0.39, 0.29) is 10.3 Å². The van der Waals surface area contributed by atoms with Crippen LogP contribution >= 0.6 is 23.1 Å². The molecule has 2 heterocycles. The highest BCUT2D eigenvalue weighted by molar-refractivity contribution is 8.03. The Balaban J connectivity index is 0.000000309. The molecule has 236 valence electrons. The molecule has 6 rings (SSSR count). The number of nitrogens with zero attached hydrogens (tertiary/aromatic N) is 2. The molecule has 1 aromatic heterocycles. The molecule has 2 aliphatic rings. The predicted molar refractivity (Wildman–Crippen MR) is 189 cm³/mol. The summed E-state index contributed by atoms with van der Waals surface area (Å²) in [6.45, 7) is 17.5. The molecule has 45 heavy (non-hydrogen) atoms. The van der Waals surface area contributed by atoms with Gasteiger partial charge in [-0.05, 0) is 112 Å². The minimum Gasteiger partial charge on any atom is -0.744 e. The molecule has 4 aromatic rings. The van der Waals surface area contributed by atoms with Crippen LogP contribution in [0.25, 0.3) is 16.3 Å². The van der Waals surface area contributed by atoms with Gasteiger partial charge >= 0.3 is 0 Å². The van der Waals surface area contributed by atoms with Crippen molar-refractivity contribution in [2.24, 2.45) is 5.41 Å². The SMILES string of the molecule is CCN1/C(=C/C2=CC(=C/c3sc4cc(C)ccc4[n+]3CC)/CC(C)(C)C2)Sc2cc(C)ccc21.Cc1ccc(S(=O)(=O)[O-])cc1. The Bertz CT molecular complexity index is 1930. The van der Waals surface area contributed by atoms with Gasteiger partial charge in [-0.1, -0.05) is 72.9 Å². The maximum absolute atomic E-state index is 10.4. The van der Waals surface area contributed by atoms with Gasteiger partial charge in [0.05, 0.1) is 15.6 Å². The molecule has 0 N–H and O–H groups in total. The third-order valence-corrected chi connectivity index (χ3v) is 11.1. The maximum Gasteiger partial charge on any atom is 0.263 e. The number of anilines is 1. The first kappa shape index (κ1) is 33.2.